The molecule has 1 rings (SSSR count). The van der Waals surface area contributed by atoms with Crippen LogP contribution in [0.15, 0.2) is 4.47 Å². The maximum atomic E-state index is 5.76. The van der Waals surface area contributed by atoms with E-state index in [1.807, 2.05) is 0 Å². The van der Waals surface area contributed by atoms with Gasteiger partial charge in [-0.1, -0.05) is 6.92 Å². The molecular weight excluding hydrogens is 266 g/mol. The summed E-state index contributed by atoms with van der Waals surface area (Å²) in [5.41, 5.74) is 8.25. The standard InChI is InChI=1S/C12H22BrN3/c1-4-10-12(13)11(16(5-2)15-10)8-6-7-9(3)14/h9H,4-8,14H2,1-3H3. The summed E-state index contributed by atoms with van der Waals surface area (Å²) in [5.74, 6) is 0. The number of aryl methyl sites for hydroxylation is 2. The number of halogens is 1. The van der Waals surface area contributed by atoms with Crippen LogP contribution in [-0.2, 0) is 19.4 Å². The largest absolute Gasteiger partial charge is 0.328 e. The molecule has 2 N–H and O–H groups in total. The van der Waals surface area contributed by atoms with Crippen LogP contribution in [0.5, 0.6) is 0 Å². The zero-order valence-electron chi connectivity index (χ0n) is 10.5. The molecule has 0 aliphatic heterocycles. The van der Waals surface area contributed by atoms with Crippen LogP contribution >= 0.6 is 15.9 Å². The van der Waals surface area contributed by atoms with Gasteiger partial charge in [-0.15, -0.1) is 0 Å². The first-order valence-electron chi connectivity index (χ1n) is 6.09. The van der Waals surface area contributed by atoms with Crippen LogP contribution in [0, 0.1) is 0 Å². The molecule has 1 unspecified atom stereocenters. The number of hydrogen-bond acceptors (Lipinski definition) is 2. The van der Waals surface area contributed by atoms with Gasteiger partial charge in [0.15, 0.2) is 0 Å². The minimum atomic E-state index is 0.294. The quantitative estimate of drug-likeness (QED) is 0.874. The average molecular weight is 288 g/mol. The molecule has 0 aliphatic rings. The van der Waals surface area contributed by atoms with Crippen molar-refractivity contribution in [2.45, 2.75) is 59.0 Å². The van der Waals surface area contributed by atoms with E-state index in [9.17, 15) is 0 Å². The van der Waals surface area contributed by atoms with Gasteiger partial charge in [-0.25, -0.2) is 0 Å². The van der Waals surface area contributed by atoms with Crippen LogP contribution in [0.1, 0.15) is 45.0 Å². The van der Waals surface area contributed by atoms with Crippen LogP contribution < -0.4 is 5.73 Å². The summed E-state index contributed by atoms with van der Waals surface area (Å²) in [6.07, 6.45) is 4.24. The predicted octanol–water partition coefficient (Wildman–Crippen LogP) is 2.90. The molecule has 0 aliphatic carbocycles. The molecule has 1 aromatic rings. The highest BCUT2D eigenvalue weighted by Crippen LogP contribution is 2.23. The van der Waals surface area contributed by atoms with E-state index in [4.69, 9.17) is 5.73 Å². The number of nitrogens with zero attached hydrogens (tertiary/aromatic N) is 2. The van der Waals surface area contributed by atoms with Crippen LogP contribution in [0.4, 0.5) is 0 Å². The lowest BCUT2D eigenvalue weighted by atomic mass is 10.1. The van der Waals surface area contributed by atoms with Gasteiger partial charge in [0.2, 0.25) is 0 Å². The van der Waals surface area contributed by atoms with Gasteiger partial charge in [0.1, 0.15) is 0 Å². The molecule has 0 bridgehead atoms. The van der Waals surface area contributed by atoms with Crippen molar-refractivity contribution in [1.82, 2.24) is 9.78 Å². The number of nitrogens with two attached hydrogens (primary N) is 1. The summed E-state index contributed by atoms with van der Waals surface area (Å²) < 4.78 is 3.30. The average Bonchev–Trinajstić information content (AvgIpc) is 2.55. The molecule has 1 heterocycles. The monoisotopic (exact) mass is 287 g/mol. The van der Waals surface area contributed by atoms with E-state index in [2.05, 4.69) is 46.5 Å². The second-order valence-corrected chi connectivity index (χ2v) is 5.04. The first-order chi connectivity index (χ1) is 7.60. The highest BCUT2D eigenvalue weighted by atomic mass is 79.9. The van der Waals surface area contributed by atoms with Gasteiger partial charge in [-0.2, -0.15) is 5.10 Å². The van der Waals surface area contributed by atoms with Crippen LogP contribution in [0.25, 0.3) is 0 Å². The Hall–Kier alpha value is -0.350. The fraction of sp³-hybridized carbons (Fsp3) is 0.750. The van der Waals surface area contributed by atoms with E-state index in [0.29, 0.717) is 6.04 Å². The lowest BCUT2D eigenvalue weighted by Gasteiger charge is -2.07. The van der Waals surface area contributed by atoms with Gasteiger partial charge >= 0.3 is 0 Å². The van der Waals surface area contributed by atoms with Crippen molar-refractivity contribution < 1.29 is 0 Å². The molecule has 0 spiro atoms. The molecule has 3 nitrogen and oxygen atoms in total. The predicted molar refractivity (Wildman–Crippen MR) is 71.6 cm³/mol. The Morgan fingerprint density at radius 3 is 2.62 bits per heavy atom. The Morgan fingerprint density at radius 1 is 1.44 bits per heavy atom. The summed E-state index contributed by atoms with van der Waals surface area (Å²) in [6, 6.07) is 0.294. The molecule has 0 saturated heterocycles. The van der Waals surface area contributed by atoms with Crippen molar-refractivity contribution in [2.24, 2.45) is 5.73 Å². The van der Waals surface area contributed by atoms with E-state index in [1.165, 1.54) is 10.2 Å². The summed E-state index contributed by atoms with van der Waals surface area (Å²) in [6.45, 7) is 7.27. The van der Waals surface area contributed by atoms with E-state index in [-0.39, 0.29) is 0 Å². The van der Waals surface area contributed by atoms with Gasteiger partial charge in [0.25, 0.3) is 0 Å². The summed E-state index contributed by atoms with van der Waals surface area (Å²) >= 11 is 3.66. The zero-order chi connectivity index (χ0) is 12.1. The molecule has 1 atom stereocenters. The minimum Gasteiger partial charge on any atom is -0.328 e. The van der Waals surface area contributed by atoms with Crippen molar-refractivity contribution >= 4 is 15.9 Å². The van der Waals surface area contributed by atoms with E-state index in [1.54, 1.807) is 0 Å². The molecule has 1 aromatic heterocycles. The molecule has 0 fully saturated rings. The Kier molecular flexibility index (Phi) is 5.49. The molecular formula is C12H22BrN3. The van der Waals surface area contributed by atoms with Crippen LogP contribution in [0.3, 0.4) is 0 Å². The third kappa shape index (κ3) is 3.32. The third-order valence-corrected chi connectivity index (χ3v) is 3.68. The van der Waals surface area contributed by atoms with E-state index in [0.717, 1.165) is 37.9 Å². The lowest BCUT2D eigenvalue weighted by Crippen LogP contribution is -2.15. The Labute approximate surface area is 107 Å². The Bertz CT molecular complexity index is 331. The summed E-state index contributed by atoms with van der Waals surface area (Å²) in [4.78, 5) is 0. The fourth-order valence-electron chi connectivity index (χ4n) is 1.85. The normalized spacial score (nSPS) is 13.1. The molecule has 0 amide bonds. The molecule has 4 heteroatoms. The summed E-state index contributed by atoms with van der Waals surface area (Å²) in [5, 5.41) is 4.58. The van der Waals surface area contributed by atoms with E-state index < -0.39 is 0 Å². The molecule has 0 aromatic carbocycles. The fourth-order valence-corrected chi connectivity index (χ4v) is 2.61. The van der Waals surface area contributed by atoms with Gasteiger partial charge in [0.05, 0.1) is 15.9 Å². The molecule has 0 radical (unpaired) electrons. The first kappa shape index (κ1) is 13.7. The lowest BCUT2D eigenvalue weighted by molar-refractivity contribution is 0.573. The van der Waals surface area contributed by atoms with Crippen molar-refractivity contribution in [2.75, 3.05) is 0 Å². The number of aromatic nitrogens is 2. The minimum absolute atomic E-state index is 0.294. The van der Waals surface area contributed by atoms with Crippen molar-refractivity contribution in [1.29, 1.82) is 0 Å². The van der Waals surface area contributed by atoms with Crippen molar-refractivity contribution in [3.63, 3.8) is 0 Å². The van der Waals surface area contributed by atoms with Gasteiger partial charge in [0, 0.05) is 12.6 Å². The zero-order valence-corrected chi connectivity index (χ0v) is 12.0. The molecule has 16 heavy (non-hydrogen) atoms. The van der Waals surface area contributed by atoms with Gasteiger partial charge in [-0.05, 0) is 55.5 Å². The molecule has 92 valence electrons. The highest BCUT2D eigenvalue weighted by molar-refractivity contribution is 9.10. The third-order valence-electron chi connectivity index (χ3n) is 2.77. The SMILES string of the molecule is CCc1nn(CC)c(CCCC(C)N)c1Br. The molecule has 0 saturated carbocycles. The van der Waals surface area contributed by atoms with Gasteiger partial charge < -0.3 is 5.73 Å². The Balaban J connectivity index is 2.73. The number of rotatable bonds is 6. The maximum absolute atomic E-state index is 5.76. The second-order valence-electron chi connectivity index (χ2n) is 4.25. The number of hydrogen-bond donors (Lipinski definition) is 1. The van der Waals surface area contributed by atoms with Crippen LogP contribution in [-0.4, -0.2) is 15.8 Å². The van der Waals surface area contributed by atoms with Crippen molar-refractivity contribution in [3.05, 3.63) is 15.9 Å². The second kappa shape index (κ2) is 6.40. The van der Waals surface area contributed by atoms with Crippen molar-refractivity contribution in [3.8, 4) is 0 Å². The van der Waals surface area contributed by atoms with Gasteiger partial charge in [-0.3, -0.25) is 4.68 Å². The highest BCUT2D eigenvalue weighted by Gasteiger charge is 2.13. The Morgan fingerprint density at radius 2 is 2.12 bits per heavy atom. The first-order valence-corrected chi connectivity index (χ1v) is 6.89. The maximum Gasteiger partial charge on any atom is 0.0766 e. The van der Waals surface area contributed by atoms with Crippen LogP contribution in [0.2, 0.25) is 0 Å². The smallest absolute Gasteiger partial charge is 0.0766 e. The summed E-state index contributed by atoms with van der Waals surface area (Å²) in [7, 11) is 0. The van der Waals surface area contributed by atoms with E-state index >= 15 is 0 Å². The topological polar surface area (TPSA) is 43.8 Å².